The van der Waals surface area contributed by atoms with Crippen LogP contribution in [0.5, 0.6) is 0 Å². The van der Waals surface area contributed by atoms with Crippen molar-refractivity contribution in [2.45, 2.75) is 70.7 Å². The molecule has 1 aliphatic carbocycles. The van der Waals surface area contributed by atoms with Gasteiger partial charge in [-0.2, -0.15) is 0 Å². The second kappa shape index (κ2) is 9.02. The lowest BCUT2D eigenvalue weighted by Crippen LogP contribution is -2.43. The summed E-state index contributed by atoms with van der Waals surface area (Å²) in [6.07, 6.45) is 4.63. The molecule has 0 spiro atoms. The molecular formula is C25H35NO3Si. The topological polar surface area (TPSA) is 52.4 Å². The highest BCUT2D eigenvalue weighted by Crippen LogP contribution is 2.47. The molecule has 4 nitrogen and oxygen atoms in total. The van der Waals surface area contributed by atoms with Crippen LogP contribution in [-0.4, -0.2) is 13.2 Å². The fourth-order valence-corrected chi connectivity index (χ4v) is 5.55. The first-order chi connectivity index (χ1) is 14.1. The third-order valence-electron chi connectivity index (χ3n) is 7.04. The van der Waals surface area contributed by atoms with Crippen molar-refractivity contribution in [3.05, 3.63) is 75.8 Å². The highest BCUT2D eigenvalue weighted by Gasteiger charge is 2.42. The summed E-state index contributed by atoms with van der Waals surface area (Å²) in [5, 5.41) is 11.1. The summed E-state index contributed by atoms with van der Waals surface area (Å²) < 4.78 is 6.98. The molecule has 0 saturated heterocycles. The predicted molar refractivity (Wildman–Crippen MR) is 125 cm³/mol. The van der Waals surface area contributed by atoms with Gasteiger partial charge in [0.1, 0.15) is 0 Å². The molecule has 3 atom stereocenters. The van der Waals surface area contributed by atoms with E-state index in [4.69, 9.17) is 4.43 Å². The van der Waals surface area contributed by atoms with Gasteiger partial charge < -0.3 is 4.43 Å². The SMILES string of the molecule is CC(C)(C)[Si](C)(C)O[C@H](c1ccccc1)[C@H]1CC[C@@H](Cc2ccc([N+](=O)[O-])cc2)C1. The largest absolute Gasteiger partial charge is 0.410 e. The number of hydrogen-bond acceptors (Lipinski definition) is 3. The molecule has 1 aliphatic rings. The Balaban J connectivity index is 1.73. The van der Waals surface area contributed by atoms with Crippen LogP contribution in [-0.2, 0) is 10.8 Å². The smallest absolute Gasteiger partial charge is 0.269 e. The van der Waals surface area contributed by atoms with Gasteiger partial charge in [0.15, 0.2) is 8.32 Å². The maximum Gasteiger partial charge on any atom is 0.269 e. The molecule has 5 heteroatoms. The average Bonchev–Trinajstić information content (AvgIpc) is 3.14. The Morgan fingerprint density at radius 1 is 1.07 bits per heavy atom. The molecule has 1 fully saturated rings. The minimum absolute atomic E-state index is 0.147. The Bertz CT molecular complexity index is 843. The van der Waals surface area contributed by atoms with Crippen molar-refractivity contribution in [2.75, 3.05) is 0 Å². The predicted octanol–water partition coefficient (Wildman–Crippen LogP) is 7.32. The highest BCUT2D eigenvalue weighted by atomic mass is 28.4. The first-order valence-electron chi connectivity index (χ1n) is 11.0. The lowest BCUT2D eigenvalue weighted by atomic mass is 9.91. The van der Waals surface area contributed by atoms with Crippen LogP contribution >= 0.6 is 0 Å². The summed E-state index contributed by atoms with van der Waals surface area (Å²) in [5.41, 5.74) is 2.64. The van der Waals surface area contributed by atoms with Gasteiger partial charge in [0, 0.05) is 12.1 Å². The summed E-state index contributed by atoms with van der Waals surface area (Å²) in [5.74, 6) is 1.12. The highest BCUT2D eigenvalue weighted by molar-refractivity contribution is 6.74. The molecule has 0 amide bonds. The van der Waals surface area contributed by atoms with Gasteiger partial charge in [-0.25, -0.2) is 0 Å². The second-order valence-electron chi connectivity index (χ2n) is 10.3. The monoisotopic (exact) mass is 425 g/mol. The molecule has 2 aromatic rings. The number of benzene rings is 2. The lowest BCUT2D eigenvalue weighted by molar-refractivity contribution is -0.384. The van der Waals surface area contributed by atoms with E-state index in [1.165, 1.54) is 24.0 Å². The van der Waals surface area contributed by atoms with Crippen LogP contribution in [0.2, 0.25) is 18.1 Å². The molecule has 0 bridgehead atoms. The molecule has 162 valence electrons. The van der Waals surface area contributed by atoms with Gasteiger partial charge in [0.05, 0.1) is 11.0 Å². The second-order valence-corrected chi connectivity index (χ2v) is 15.0. The van der Waals surface area contributed by atoms with Crippen molar-refractivity contribution in [3.8, 4) is 0 Å². The van der Waals surface area contributed by atoms with E-state index in [1.807, 2.05) is 12.1 Å². The van der Waals surface area contributed by atoms with E-state index in [0.29, 0.717) is 11.8 Å². The van der Waals surface area contributed by atoms with Crippen LogP contribution in [0.4, 0.5) is 5.69 Å². The number of nitrogens with zero attached hydrogens (tertiary/aromatic N) is 1. The van der Waals surface area contributed by atoms with Crippen LogP contribution < -0.4 is 0 Å². The van der Waals surface area contributed by atoms with Crippen LogP contribution in [0.15, 0.2) is 54.6 Å². The van der Waals surface area contributed by atoms with E-state index >= 15 is 0 Å². The fraction of sp³-hybridized carbons (Fsp3) is 0.520. The van der Waals surface area contributed by atoms with E-state index in [0.717, 1.165) is 12.8 Å². The van der Waals surface area contributed by atoms with E-state index in [9.17, 15) is 10.1 Å². The van der Waals surface area contributed by atoms with Crippen LogP contribution in [0.3, 0.4) is 0 Å². The van der Waals surface area contributed by atoms with Crippen molar-refractivity contribution in [2.24, 2.45) is 11.8 Å². The van der Waals surface area contributed by atoms with E-state index in [1.54, 1.807) is 12.1 Å². The van der Waals surface area contributed by atoms with Crippen LogP contribution in [0.25, 0.3) is 0 Å². The Morgan fingerprint density at radius 3 is 2.27 bits per heavy atom. The van der Waals surface area contributed by atoms with Gasteiger partial charge in [-0.15, -0.1) is 0 Å². The number of rotatable bonds is 7. The van der Waals surface area contributed by atoms with Crippen molar-refractivity contribution in [3.63, 3.8) is 0 Å². The summed E-state index contributed by atoms with van der Waals surface area (Å²) in [6.45, 7) is 11.6. The Morgan fingerprint density at radius 2 is 1.70 bits per heavy atom. The summed E-state index contributed by atoms with van der Waals surface area (Å²) in [7, 11) is -1.90. The zero-order valence-corrected chi connectivity index (χ0v) is 19.9. The average molecular weight is 426 g/mol. The molecule has 2 aromatic carbocycles. The van der Waals surface area contributed by atoms with Gasteiger partial charge >= 0.3 is 0 Å². The first kappa shape index (κ1) is 22.7. The summed E-state index contributed by atoms with van der Waals surface area (Å²) >= 11 is 0. The minimum Gasteiger partial charge on any atom is -0.410 e. The van der Waals surface area contributed by atoms with Gasteiger partial charge in [0.2, 0.25) is 0 Å². The van der Waals surface area contributed by atoms with Crippen molar-refractivity contribution >= 4 is 14.0 Å². The number of non-ortho nitro benzene ring substituents is 1. The molecule has 3 rings (SSSR count). The summed E-state index contributed by atoms with van der Waals surface area (Å²) in [4.78, 5) is 10.6. The van der Waals surface area contributed by atoms with Crippen LogP contribution in [0, 0.1) is 22.0 Å². The molecule has 0 aliphatic heterocycles. The lowest BCUT2D eigenvalue weighted by Gasteiger charge is -2.41. The maximum atomic E-state index is 10.9. The van der Waals surface area contributed by atoms with E-state index < -0.39 is 8.32 Å². The maximum absolute atomic E-state index is 10.9. The number of nitro benzene ring substituents is 1. The van der Waals surface area contributed by atoms with E-state index in [2.05, 4.69) is 64.2 Å². The van der Waals surface area contributed by atoms with Gasteiger partial charge in [-0.3, -0.25) is 10.1 Å². The van der Waals surface area contributed by atoms with Gasteiger partial charge in [-0.1, -0.05) is 63.2 Å². The molecule has 0 aromatic heterocycles. The molecule has 0 unspecified atom stereocenters. The first-order valence-corrected chi connectivity index (χ1v) is 13.9. The van der Waals surface area contributed by atoms with Gasteiger partial charge in [0.25, 0.3) is 5.69 Å². The number of nitro groups is 1. The zero-order chi connectivity index (χ0) is 21.9. The molecule has 1 saturated carbocycles. The normalized spacial score (nSPS) is 20.8. The molecule has 30 heavy (non-hydrogen) atoms. The standard InChI is InChI=1S/C25H35NO3Si/c1-25(2,3)30(4,5)29-24(21-9-7-6-8-10-21)22-14-11-20(18-22)17-19-12-15-23(16-13-19)26(27)28/h6-10,12-13,15-16,20,22,24H,11,14,17-18H2,1-5H3/t20-,22-,24+/m0/s1. The van der Waals surface area contributed by atoms with Crippen molar-refractivity contribution in [1.29, 1.82) is 0 Å². The Kier molecular flexibility index (Phi) is 6.83. The Labute approximate surface area is 181 Å². The van der Waals surface area contributed by atoms with Crippen molar-refractivity contribution < 1.29 is 9.35 Å². The number of hydrogen-bond donors (Lipinski definition) is 0. The third kappa shape index (κ3) is 5.38. The fourth-order valence-electron chi connectivity index (χ4n) is 4.23. The quantitative estimate of drug-likeness (QED) is 0.265. The minimum atomic E-state index is -1.90. The van der Waals surface area contributed by atoms with Crippen molar-refractivity contribution in [1.82, 2.24) is 0 Å². The third-order valence-corrected chi connectivity index (χ3v) is 11.5. The van der Waals surface area contributed by atoms with Crippen LogP contribution in [0.1, 0.15) is 57.3 Å². The molecule has 0 N–H and O–H groups in total. The molecule has 0 radical (unpaired) electrons. The van der Waals surface area contributed by atoms with E-state index in [-0.39, 0.29) is 21.8 Å². The zero-order valence-electron chi connectivity index (χ0n) is 18.9. The van der Waals surface area contributed by atoms with Gasteiger partial charge in [-0.05, 0) is 66.8 Å². The Hall–Kier alpha value is -1.98. The molecule has 0 heterocycles. The summed E-state index contributed by atoms with van der Waals surface area (Å²) in [6, 6.07) is 17.8. The molecular weight excluding hydrogens is 390 g/mol.